The molecular formula is C21H20Cl3N5O3S. The molecule has 8 nitrogen and oxygen atoms in total. The Bertz CT molecular complexity index is 1190. The number of anilines is 1. The number of nitrogens with zero attached hydrogens (tertiary/aromatic N) is 3. The Labute approximate surface area is 209 Å². The Morgan fingerprint density at radius 2 is 1.88 bits per heavy atom. The van der Waals surface area contributed by atoms with Crippen LogP contribution in [0.2, 0.25) is 15.1 Å². The maximum atomic E-state index is 12.5. The molecule has 0 aliphatic carbocycles. The monoisotopic (exact) mass is 527 g/mol. The van der Waals surface area contributed by atoms with Crippen LogP contribution in [0, 0.1) is 0 Å². The van der Waals surface area contributed by atoms with E-state index in [-0.39, 0.29) is 17.6 Å². The van der Waals surface area contributed by atoms with Gasteiger partial charge in [0.05, 0.1) is 34.6 Å². The molecule has 1 atom stereocenters. The molecule has 33 heavy (non-hydrogen) atoms. The van der Waals surface area contributed by atoms with Gasteiger partial charge in [0.25, 0.3) is 5.91 Å². The minimum absolute atomic E-state index is 0.0889. The van der Waals surface area contributed by atoms with Crippen molar-refractivity contribution in [1.29, 1.82) is 0 Å². The van der Waals surface area contributed by atoms with Crippen LogP contribution in [-0.4, -0.2) is 39.4 Å². The number of amides is 2. The zero-order valence-corrected chi connectivity index (χ0v) is 20.9. The van der Waals surface area contributed by atoms with Gasteiger partial charge in [0, 0.05) is 17.6 Å². The Kier molecular flexibility index (Phi) is 8.47. The van der Waals surface area contributed by atoms with Crippen LogP contribution in [0.4, 0.5) is 5.69 Å². The van der Waals surface area contributed by atoms with Crippen LogP contribution >= 0.6 is 46.6 Å². The summed E-state index contributed by atoms with van der Waals surface area (Å²) in [6, 6.07) is 9.16. The molecule has 0 fully saturated rings. The Hall–Kier alpha value is -2.46. The molecule has 0 radical (unpaired) electrons. The number of aromatic nitrogens is 3. The predicted molar refractivity (Wildman–Crippen MR) is 131 cm³/mol. The highest BCUT2D eigenvalue weighted by Gasteiger charge is 2.20. The molecular weight excluding hydrogens is 509 g/mol. The molecule has 3 aromatic rings. The summed E-state index contributed by atoms with van der Waals surface area (Å²) in [6.07, 6.45) is 0. The normalized spacial score (nSPS) is 11.7. The Balaban J connectivity index is 1.61. The number of carbonyl (C=O) groups excluding carboxylic acids is 2. The minimum atomic E-state index is -0.441. The molecule has 0 saturated carbocycles. The first kappa shape index (κ1) is 25.2. The average molecular weight is 529 g/mol. The number of ether oxygens (including phenoxy) is 1. The number of benzene rings is 2. The number of methoxy groups -OCH3 is 1. The molecule has 2 amide bonds. The van der Waals surface area contributed by atoms with E-state index in [4.69, 9.17) is 39.5 Å². The van der Waals surface area contributed by atoms with E-state index in [2.05, 4.69) is 20.8 Å². The van der Waals surface area contributed by atoms with E-state index in [9.17, 15) is 9.59 Å². The number of carbonyl (C=O) groups is 2. The van der Waals surface area contributed by atoms with Crippen molar-refractivity contribution >= 4 is 64.1 Å². The van der Waals surface area contributed by atoms with Crippen LogP contribution in [0.5, 0.6) is 5.75 Å². The van der Waals surface area contributed by atoms with Crippen molar-refractivity contribution in [3.63, 3.8) is 0 Å². The summed E-state index contributed by atoms with van der Waals surface area (Å²) >= 11 is 19.1. The van der Waals surface area contributed by atoms with Gasteiger partial charge in [0.2, 0.25) is 5.91 Å². The van der Waals surface area contributed by atoms with Gasteiger partial charge in [-0.05, 0) is 43.3 Å². The maximum absolute atomic E-state index is 12.5. The first-order valence-electron chi connectivity index (χ1n) is 9.61. The van der Waals surface area contributed by atoms with Gasteiger partial charge in [-0.15, -0.1) is 10.2 Å². The fraction of sp³-hybridized carbons (Fsp3) is 0.238. The number of halogens is 3. The summed E-state index contributed by atoms with van der Waals surface area (Å²) < 4.78 is 6.95. The predicted octanol–water partition coefficient (Wildman–Crippen LogP) is 5.01. The molecule has 0 spiro atoms. The highest BCUT2D eigenvalue weighted by Crippen LogP contribution is 2.28. The van der Waals surface area contributed by atoms with E-state index in [0.717, 1.165) is 0 Å². The molecule has 0 aliphatic rings. The molecule has 1 aromatic heterocycles. The number of rotatable bonds is 8. The average Bonchev–Trinajstić information content (AvgIpc) is 3.14. The summed E-state index contributed by atoms with van der Waals surface area (Å²) in [5.41, 5.74) is 0.856. The third kappa shape index (κ3) is 6.32. The van der Waals surface area contributed by atoms with E-state index >= 15 is 0 Å². The van der Waals surface area contributed by atoms with Crippen molar-refractivity contribution in [2.45, 2.75) is 18.1 Å². The summed E-state index contributed by atoms with van der Waals surface area (Å²) in [5.74, 6) is 0.540. The van der Waals surface area contributed by atoms with Crippen LogP contribution < -0.4 is 15.4 Å². The highest BCUT2D eigenvalue weighted by molar-refractivity contribution is 7.99. The van der Waals surface area contributed by atoms with E-state index in [1.807, 2.05) is 0 Å². The first-order chi connectivity index (χ1) is 15.7. The van der Waals surface area contributed by atoms with Crippen molar-refractivity contribution in [2.75, 3.05) is 18.2 Å². The third-order valence-corrected chi connectivity index (χ3v) is 6.55. The Morgan fingerprint density at radius 1 is 1.12 bits per heavy atom. The topological polar surface area (TPSA) is 98.1 Å². The first-order valence-corrected chi connectivity index (χ1v) is 11.7. The molecule has 0 unspecified atom stereocenters. The lowest BCUT2D eigenvalue weighted by atomic mass is 10.2. The smallest absolute Gasteiger partial charge is 0.251 e. The van der Waals surface area contributed by atoms with Crippen molar-refractivity contribution in [3.05, 3.63) is 62.9 Å². The molecule has 2 aromatic carbocycles. The fourth-order valence-electron chi connectivity index (χ4n) is 2.91. The van der Waals surface area contributed by atoms with Gasteiger partial charge in [-0.25, -0.2) is 0 Å². The summed E-state index contributed by atoms with van der Waals surface area (Å²) in [7, 11) is 3.27. The lowest BCUT2D eigenvalue weighted by Crippen LogP contribution is -2.28. The standard InChI is InChI=1S/C21H20Cl3N5O3S/c1-11(25-20(31)12-4-6-14(23)15(24)8-12)19-27-28-21(29(19)2)33-10-18(30)26-16-9-13(22)5-7-17(16)32-3/h4-9,11H,10H2,1-3H3,(H,25,31)(H,26,30)/t11-/m0/s1. The van der Waals surface area contributed by atoms with Crippen molar-refractivity contribution in [2.24, 2.45) is 7.05 Å². The molecule has 3 rings (SSSR count). The Morgan fingerprint density at radius 3 is 2.58 bits per heavy atom. The summed E-state index contributed by atoms with van der Waals surface area (Å²) in [5, 5.41) is 15.6. The second kappa shape index (κ2) is 11.1. The quantitative estimate of drug-likeness (QED) is 0.399. The summed E-state index contributed by atoms with van der Waals surface area (Å²) in [6.45, 7) is 1.78. The minimum Gasteiger partial charge on any atom is -0.495 e. The second-order valence-electron chi connectivity index (χ2n) is 6.91. The van der Waals surface area contributed by atoms with Crippen LogP contribution in [0.1, 0.15) is 29.1 Å². The second-order valence-corrected chi connectivity index (χ2v) is 9.10. The zero-order valence-electron chi connectivity index (χ0n) is 17.9. The van der Waals surface area contributed by atoms with E-state index < -0.39 is 6.04 Å². The molecule has 1 heterocycles. The van der Waals surface area contributed by atoms with Crippen LogP contribution in [0.3, 0.4) is 0 Å². The number of hydrogen-bond donors (Lipinski definition) is 2. The molecule has 174 valence electrons. The molecule has 0 bridgehead atoms. The van der Waals surface area contributed by atoms with Crippen LogP contribution in [0.15, 0.2) is 41.6 Å². The molecule has 2 N–H and O–H groups in total. The number of nitrogens with one attached hydrogen (secondary N) is 2. The molecule has 0 aliphatic heterocycles. The number of thioether (sulfide) groups is 1. The molecule has 0 saturated heterocycles. The van der Waals surface area contributed by atoms with Gasteiger partial charge in [0.15, 0.2) is 11.0 Å². The highest BCUT2D eigenvalue weighted by atomic mass is 35.5. The third-order valence-electron chi connectivity index (χ3n) is 4.55. The van der Waals surface area contributed by atoms with Crippen molar-refractivity contribution < 1.29 is 14.3 Å². The van der Waals surface area contributed by atoms with Crippen molar-refractivity contribution in [1.82, 2.24) is 20.1 Å². The largest absolute Gasteiger partial charge is 0.495 e. The van der Waals surface area contributed by atoms with E-state index in [1.54, 1.807) is 48.9 Å². The van der Waals surface area contributed by atoms with Crippen LogP contribution in [0.25, 0.3) is 0 Å². The van der Waals surface area contributed by atoms with Gasteiger partial charge in [-0.3, -0.25) is 9.59 Å². The zero-order chi connectivity index (χ0) is 24.1. The van der Waals surface area contributed by atoms with Gasteiger partial charge in [0.1, 0.15) is 5.75 Å². The number of hydrogen-bond acceptors (Lipinski definition) is 6. The van der Waals surface area contributed by atoms with Crippen molar-refractivity contribution in [3.8, 4) is 5.75 Å². The van der Waals surface area contributed by atoms with E-state index in [1.165, 1.54) is 24.9 Å². The van der Waals surface area contributed by atoms with Gasteiger partial charge in [-0.2, -0.15) is 0 Å². The lowest BCUT2D eigenvalue weighted by molar-refractivity contribution is -0.113. The SMILES string of the molecule is COc1ccc(Cl)cc1NC(=O)CSc1nnc([C@H](C)NC(=O)c2ccc(Cl)c(Cl)c2)n1C. The van der Waals surface area contributed by atoms with Gasteiger partial charge in [-0.1, -0.05) is 46.6 Å². The molecule has 12 heteroatoms. The van der Waals surface area contributed by atoms with Gasteiger partial charge >= 0.3 is 0 Å². The maximum Gasteiger partial charge on any atom is 0.251 e. The fourth-order valence-corrected chi connectivity index (χ4v) is 4.09. The lowest BCUT2D eigenvalue weighted by Gasteiger charge is -2.14. The van der Waals surface area contributed by atoms with E-state index in [0.29, 0.717) is 43.0 Å². The summed E-state index contributed by atoms with van der Waals surface area (Å²) in [4.78, 5) is 24.9. The van der Waals surface area contributed by atoms with Gasteiger partial charge < -0.3 is 19.9 Å². The van der Waals surface area contributed by atoms with Crippen LogP contribution in [-0.2, 0) is 11.8 Å².